The molecule has 0 saturated heterocycles. The van der Waals surface area contributed by atoms with Crippen molar-refractivity contribution in [2.45, 2.75) is 39.7 Å². The highest BCUT2D eigenvalue weighted by atomic mass is 16.2. The van der Waals surface area contributed by atoms with E-state index in [0.29, 0.717) is 59.7 Å². The van der Waals surface area contributed by atoms with Gasteiger partial charge in [-0.15, -0.1) is 0 Å². The van der Waals surface area contributed by atoms with Gasteiger partial charge in [-0.2, -0.15) is 0 Å². The summed E-state index contributed by atoms with van der Waals surface area (Å²) in [5.41, 5.74) is 14.1. The minimum atomic E-state index is -0.333. The van der Waals surface area contributed by atoms with Crippen molar-refractivity contribution in [3.8, 4) is 0 Å². The van der Waals surface area contributed by atoms with Gasteiger partial charge < -0.3 is 32.7 Å². The third kappa shape index (κ3) is 10.2. The first-order chi connectivity index (χ1) is 19.4. The molecule has 1 atom stereocenters. The number of benzene rings is 3. The van der Waals surface area contributed by atoms with Gasteiger partial charge in [0.05, 0.1) is 0 Å². The average Bonchev–Trinajstić information content (AvgIpc) is 2.93. The Labute approximate surface area is 240 Å². The molecule has 0 aliphatic heterocycles. The number of amides is 4. The normalized spacial score (nSPS) is 11.7. The van der Waals surface area contributed by atoms with Gasteiger partial charge >= 0.3 is 0 Å². The lowest BCUT2D eigenvalue weighted by Crippen LogP contribution is -2.34. The molecule has 8 N–H and O–H groups in total. The van der Waals surface area contributed by atoms with Crippen LogP contribution in [0.2, 0.25) is 0 Å². The lowest BCUT2D eigenvalue weighted by molar-refractivity contribution is -0.117. The van der Waals surface area contributed by atoms with Gasteiger partial charge in [0.15, 0.2) is 0 Å². The van der Waals surface area contributed by atoms with Crippen LogP contribution in [0.4, 0.5) is 17.1 Å². The van der Waals surface area contributed by atoms with Gasteiger partial charge in [-0.1, -0.05) is 20.8 Å². The smallest absolute Gasteiger partial charge is 0.255 e. The fraction of sp³-hybridized carbons (Fsp3) is 0.290. The van der Waals surface area contributed by atoms with E-state index >= 15 is 0 Å². The van der Waals surface area contributed by atoms with E-state index in [2.05, 4.69) is 21.3 Å². The molecule has 0 spiro atoms. The van der Waals surface area contributed by atoms with Crippen LogP contribution < -0.4 is 32.7 Å². The molecule has 3 aromatic carbocycles. The molecular formula is C31H38N6O4. The molecule has 10 nitrogen and oxygen atoms in total. The molecule has 216 valence electrons. The van der Waals surface area contributed by atoms with Crippen molar-refractivity contribution < 1.29 is 19.2 Å². The van der Waals surface area contributed by atoms with E-state index in [4.69, 9.17) is 11.5 Å². The van der Waals surface area contributed by atoms with Crippen molar-refractivity contribution in [1.29, 1.82) is 0 Å². The molecule has 0 aliphatic carbocycles. The van der Waals surface area contributed by atoms with E-state index in [9.17, 15) is 19.2 Å². The summed E-state index contributed by atoms with van der Waals surface area (Å²) in [6, 6.07) is 19.5. The monoisotopic (exact) mass is 558 g/mol. The van der Waals surface area contributed by atoms with Crippen LogP contribution in [0.15, 0.2) is 72.8 Å². The van der Waals surface area contributed by atoms with Crippen LogP contribution in [0.3, 0.4) is 0 Å². The Kier molecular flexibility index (Phi) is 10.7. The molecule has 0 radical (unpaired) electrons. The predicted octanol–water partition coefficient (Wildman–Crippen LogP) is 3.97. The van der Waals surface area contributed by atoms with E-state index in [1.165, 1.54) is 0 Å². The van der Waals surface area contributed by atoms with Crippen LogP contribution >= 0.6 is 0 Å². The van der Waals surface area contributed by atoms with Crippen LogP contribution in [0.5, 0.6) is 0 Å². The van der Waals surface area contributed by atoms with Crippen LogP contribution in [-0.4, -0.2) is 42.8 Å². The zero-order valence-corrected chi connectivity index (χ0v) is 23.6. The average molecular weight is 559 g/mol. The molecule has 41 heavy (non-hydrogen) atoms. The van der Waals surface area contributed by atoms with E-state index in [-0.39, 0.29) is 35.1 Å². The molecule has 0 heterocycles. The second-order valence-corrected chi connectivity index (χ2v) is 11.0. The Morgan fingerprint density at radius 1 is 0.659 bits per heavy atom. The maximum Gasteiger partial charge on any atom is 0.255 e. The van der Waals surface area contributed by atoms with E-state index in [1.807, 2.05) is 20.8 Å². The number of nitrogens with two attached hydrogens (primary N) is 2. The van der Waals surface area contributed by atoms with Crippen molar-refractivity contribution in [2.75, 3.05) is 29.0 Å². The van der Waals surface area contributed by atoms with Crippen LogP contribution in [0.25, 0.3) is 0 Å². The molecule has 3 rings (SSSR count). The Hall–Kier alpha value is -4.54. The lowest BCUT2D eigenvalue weighted by atomic mass is 9.92. The molecule has 0 aliphatic rings. The number of hydrogen-bond acceptors (Lipinski definition) is 6. The summed E-state index contributed by atoms with van der Waals surface area (Å²) < 4.78 is 0. The van der Waals surface area contributed by atoms with Gasteiger partial charge in [0.2, 0.25) is 5.91 Å². The van der Waals surface area contributed by atoms with Crippen molar-refractivity contribution in [3.63, 3.8) is 0 Å². The number of carbonyl (C=O) groups is 4. The first-order valence-electron chi connectivity index (χ1n) is 13.4. The lowest BCUT2D eigenvalue weighted by Gasteiger charge is -2.17. The molecule has 1 unspecified atom stereocenters. The topological polar surface area (TPSA) is 168 Å². The summed E-state index contributed by atoms with van der Waals surface area (Å²) >= 11 is 0. The van der Waals surface area contributed by atoms with Gasteiger partial charge in [-0.3, -0.25) is 19.2 Å². The van der Waals surface area contributed by atoms with Crippen molar-refractivity contribution in [1.82, 2.24) is 5.32 Å². The Morgan fingerprint density at radius 3 is 1.44 bits per heavy atom. The van der Waals surface area contributed by atoms with Gasteiger partial charge in [-0.05, 0) is 84.6 Å². The number of hydrogen-bond donors (Lipinski definition) is 6. The van der Waals surface area contributed by atoms with Crippen molar-refractivity contribution in [2.24, 2.45) is 16.9 Å². The number of anilines is 3. The third-order valence-electron chi connectivity index (χ3n) is 6.04. The van der Waals surface area contributed by atoms with Gasteiger partial charge in [0.1, 0.15) is 0 Å². The van der Waals surface area contributed by atoms with E-state index < -0.39 is 0 Å². The van der Waals surface area contributed by atoms with Crippen molar-refractivity contribution >= 4 is 40.7 Å². The van der Waals surface area contributed by atoms with Gasteiger partial charge in [0, 0.05) is 59.3 Å². The van der Waals surface area contributed by atoms with E-state index in [0.717, 1.165) is 0 Å². The highest BCUT2D eigenvalue weighted by molar-refractivity contribution is 6.06. The highest BCUT2D eigenvalue weighted by Crippen LogP contribution is 2.20. The highest BCUT2D eigenvalue weighted by Gasteiger charge is 2.16. The number of rotatable bonds is 11. The zero-order valence-electron chi connectivity index (χ0n) is 23.6. The Bertz CT molecular complexity index is 1350. The summed E-state index contributed by atoms with van der Waals surface area (Å²) in [6.07, 6.45) is 0.978. The largest absolute Gasteiger partial charge is 0.352 e. The second-order valence-electron chi connectivity index (χ2n) is 11.0. The molecule has 3 aromatic rings. The summed E-state index contributed by atoms with van der Waals surface area (Å²) in [5.74, 6) is -0.969. The molecule has 0 saturated carbocycles. The van der Waals surface area contributed by atoms with Crippen LogP contribution in [-0.2, 0) is 4.79 Å². The summed E-state index contributed by atoms with van der Waals surface area (Å²) in [6.45, 7) is 6.76. The minimum absolute atomic E-state index is 0.0843. The fourth-order valence-corrected chi connectivity index (χ4v) is 3.80. The van der Waals surface area contributed by atoms with Crippen LogP contribution in [0.1, 0.15) is 64.7 Å². The van der Waals surface area contributed by atoms with Gasteiger partial charge in [-0.25, -0.2) is 0 Å². The molecule has 0 bridgehead atoms. The standard InChI is InChI=1S/C31H38N6O4/c1-31(2,3)18-27(38)35-24-10-6-21(7-11-24)29(40)37-26-14-8-22(9-15-26)30(41)36-25-12-4-20(5-13-25)28(39)34-17-16-23(33)19-32/h4-15,23H,16-19,32-33H2,1-3H3,(H,34,39)(H,35,38)(H,36,41)(H,37,40). The predicted molar refractivity (Wildman–Crippen MR) is 162 cm³/mol. The van der Waals surface area contributed by atoms with Crippen molar-refractivity contribution in [3.05, 3.63) is 89.5 Å². The quantitative estimate of drug-likeness (QED) is 0.208. The fourth-order valence-electron chi connectivity index (χ4n) is 3.80. The molecule has 0 aromatic heterocycles. The van der Waals surface area contributed by atoms with Gasteiger partial charge in [0.25, 0.3) is 17.7 Å². The molecular weight excluding hydrogens is 520 g/mol. The van der Waals surface area contributed by atoms with Crippen LogP contribution in [0, 0.1) is 5.41 Å². The second kappa shape index (κ2) is 14.2. The zero-order chi connectivity index (χ0) is 30.0. The summed E-state index contributed by atoms with van der Waals surface area (Å²) in [7, 11) is 0. The SMILES string of the molecule is CC(C)(C)CC(=O)Nc1ccc(C(=O)Nc2ccc(C(=O)Nc3ccc(C(=O)NCCC(N)CN)cc3)cc2)cc1. The minimum Gasteiger partial charge on any atom is -0.352 e. The van der Waals surface area contributed by atoms with E-state index in [1.54, 1.807) is 72.8 Å². The molecule has 10 heteroatoms. The first kappa shape index (κ1) is 31.0. The Balaban J connectivity index is 1.50. The number of nitrogens with one attached hydrogen (secondary N) is 4. The maximum absolute atomic E-state index is 12.7. The summed E-state index contributed by atoms with van der Waals surface area (Å²) in [4.78, 5) is 49.7. The first-order valence-corrected chi connectivity index (χ1v) is 13.4. The molecule has 4 amide bonds. The molecule has 0 fully saturated rings. The summed E-state index contributed by atoms with van der Waals surface area (Å²) in [5, 5.41) is 11.2. The third-order valence-corrected chi connectivity index (χ3v) is 6.04. The maximum atomic E-state index is 12.7. The number of carbonyl (C=O) groups excluding carboxylic acids is 4. The Morgan fingerprint density at radius 2 is 1.05 bits per heavy atom.